The van der Waals surface area contributed by atoms with Gasteiger partial charge in [-0.15, -0.1) is 0 Å². The van der Waals surface area contributed by atoms with Gasteiger partial charge in [-0.2, -0.15) is 0 Å². The first-order valence-electron chi connectivity index (χ1n) is 8.28. The van der Waals surface area contributed by atoms with Crippen molar-refractivity contribution in [2.24, 2.45) is 5.92 Å². The summed E-state index contributed by atoms with van der Waals surface area (Å²) >= 11 is 0. The van der Waals surface area contributed by atoms with Gasteiger partial charge in [-0.25, -0.2) is 0 Å². The summed E-state index contributed by atoms with van der Waals surface area (Å²) in [7, 11) is 1.58. The minimum absolute atomic E-state index is 0.00537. The Hall–Kier alpha value is -1.63. The molecule has 0 aromatic rings. The lowest BCUT2D eigenvalue weighted by Crippen LogP contribution is -2.46. The number of hydrogen-bond donors (Lipinski definition) is 1. The molecule has 0 unspecified atom stereocenters. The fraction of sp³-hybridized carbons (Fsp3) is 0.812. The Balaban J connectivity index is 2.25. The highest BCUT2D eigenvalue weighted by atomic mass is 16.5. The molecule has 7 nitrogen and oxygen atoms in total. The lowest BCUT2D eigenvalue weighted by Gasteiger charge is -2.31. The molecule has 0 bridgehead atoms. The van der Waals surface area contributed by atoms with Crippen molar-refractivity contribution in [1.82, 2.24) is 9.80 Å². The molecule has 0 aliphatic carbocycles. The van der Waals surface area contributed by atoms with E-state index >= 15 is 0 Å². The van der Waals surface area contributed by atoms with Crippen LogP contribution in [0.2, 0.25) is 0 Å². The number of rotatable bonds is 9. The molecule has 0 spiro atoms. The van der Waals surface area contributed by atoms with E-state index in [0.29, 0.717) is 32.5 Å². The van der Waals surface area contributed by atoms with Gasteiger partial charge in [0.1, 0.15) is 6.61 Å². The summed E-state index contributed by atoms with van der Waals surface area (Å²) in [6, 6.07) is 0. The molecule has 0 aromatic heterocycles. The number of unbranched alkanes of at least 4 members (excludes halogenated alkanes) is 2. The van der Waals surface area contributed by atoms with E-state index in [2.05, 4.69) is 6.92 Å². The molecular weight excluding hydrogens is 300 g/mol. The highest BCUT2D eigenvalue weighted by Crippen LogP contribution is 2.17. The number of carboxylic acid groups (broad SMARTS) is 1. The number of hydrogen-bond acceptors (Lipinski definition) is 4. The minimum Gasteiger partial charge on any atom is -0.481 e. The minimum atomic E-state index is -0.801. The predicted octanol–water partition coefficient (Wildman–Crippen LogP) is 0.975. The number of amides is 2. The van der Waals surface area contributed by atoms with Gasteiger partial charge in [-0.05, 0) is 19.3 Å². The van der Waals surface area contributed by atoms with E-state index in [0.717, 1.165) is 19.3 Å². The number of aliphatic carboxylic acids is 1. The molecule has 1 rings (SSSR count). The van der Waals surface area contributed by atoms with Crippen molar-refractivity contribution in [3.05, 3.63) is 0 Å². The lowest BCUT2D eigenvalue weighted by atomic mass is 9.97. The van der Waals surface area contributed by atoms with Crippen LogP contribution in [-0.4, -0.2) is 72.6 Å². The first-order chi connectivity index (χ1) is 11.0. The van der Waals surface area contributed by atoms with Crippen molar-refractivity contribution in [2.45, 2.75) is 39.0 Å². The van der Waals surface area contributed by atoms with Gasteiger partial charge in [0.15, 0.2) is 0 Å². The zero-order valence-electron chi connectivity index (χ0n) is 14.1. The second-order valence-corrected chi connectivity index (χ2v) is 6.00. The van der Waals surface area contributed by atoms with Crippen LogP contribution in [-0.2, 0) is 19.1 Å². The van der Waals surface area contributed by atoms with E-state index in [1.165, 1.54) is 4.90 Å². The van der Waals surface area contributed by atoms with Crippen LogP contribution in [0.1, 0.15) is 39.0 Å². The van der Waals surface area contributed by atoms with Gasteiger partial charge in [-0.3, -0.25) is 14.4 Å². The van der Waals surface area contributed by atoms with Crippen LogP contribution in [0.25, 0.3) is 0 Å². The number of ether oxygens (including phenoxy) is 1. The predicted molar refractivity (Wildman–Crippen MR) is 84.9 cm³/mol. The second-order valence-electron chi connectivity index (χ2n) is 6.00. The van der Waals surface area contributed by atoms with Crippen molar-refractivity contribution in [3.8, 4) is 0 Å². The van der Waals surface area contributed by atoms with E-state index in [1.54, 1.807) is 11.9 Å². The Bertz CT molecular complexity index is 405. The largest absolute Gasteiger partial charge is 0.481 e. The summed E-state index contributed by atoms with van der Waals surface area (Å²) in [5, 5.41) is 8.95. The summed E-state index contributed by atoms with van der Waals surface area (Å²) < 4.78 is 5.30. The summed E-state index contributed by atoms with van der Waals surface area (Å²) in [6.45, 7) is 3.54. The van der Waals surface area contributed by atoms with Gasteiger partial charge >= 0.3 is 5.97 Å². The highest BCUT2D eigenvalue weighted by Gasteiger charge is 2.27. The number of nitrogens with zero attached hydrogens (tertiary/aromatic N) is 2. The van der Waals surface area contributed by atoms with Crippen LogP contribution in [0, 0.1) is 5.92 Å². The Kier molecular flexibility index (Phi) is 8.61. The number of carbonyl (C=O) groups excluding carboxylic acids is 2. The number of carbonyl (C=O) groups is 3. The molecule has 23 heavy (non-hydrogen) atoms. The van der Waals surface area contributed by atoms with Gasteiger partial charge in [0.25, 0.3) is 0 Å². The van der Waals surface area contributed by atoms with Crippen molar-refractivity contribution in [1.29, 1.82) is 0 Å². The Morgan fingerprint density at radius 1 is 1.22 bits per heavy atom. The Morgan fingerprint density at radius 2 is 1.87 bits per heavy atom. The second kappa shape index (κ2) is 10.2. The molecule has 1 saturated heterocycles. The molecule has 1 heterocycles. The normalized spacial score (nSPS) is 15.5. The zero-order chi connectivity index (χ0) is 17.2. The van der Waals surface area contributed by atoms with Crippen LogP contribution in [0.15, 0.2) is 0 Å². The molecule has 1 N–H and O–H groups in total. The third-order valence-electron chi connectivity index (χ3n) is 4.11. The molecule has 0 saturated carbocycles. The third kappa shape index (κ3) is 6.99. The molecule has 1 aliphatic rings. The average Bonchev–Trinajstić information content (AvgIpc) is 2.54. The molecular formula is C16H28N2O5. The lowest BCUT2D eigenvalue weighted by molar-refractivity contribution is -0.147. The van der Waals surface area contributed by atoms with E-state index in [9.17, 15) is 14.4 Å². The van der Waals surface area contributed by atoms with Crippen LogP contribution in [0.3, 0.4) is 0 Å². The van der Waals surface area contributed by atoms with Crippen molar-refractivity contribution in [3.63, 3.8) is 0 Å². The quantitative estimate of drug-likeness (QED) is 0.637. The summed E-state index contributed by atoms with van der Waals surface area (Å²) in [5.41, 5.74) is 0. The summed E-state index contributed by atoms with van der Waals surface area (Å²) in [5.74, 6) is -1.52. The van der Waals surface area contributed by atoms with E-state index in [4.69, 9.17) is 9.84 Å². The van der Waals surface area contributed by atoms with Gasteiger partial charge in [0, 0.05) is 26.7 Å². The molecule has 0 atom stereocenters. The molecule has 0 aromatic carbocycles. The topological polar surface area (TPSA) is 87.2 Å². The van der Waals surface area contributed by atoms with Gasteiger partial charge < -0.3 is 19.6 Å². The zero-order valence-corrected chi connectivity index (χ0v) is 14.1. The first-order valence-corrected chi connectivity index (χ1v) is 8.28. The van der Waals surface area contributed by atoms with E-state index in [1.807, 2.05) is 0 Å². The molecule has 132 valence electrons. The Labute approximate surface area is 137 Å². The van der Waals surface area contributed by atoms with Crippen LogP contribution >= 0.6 is 0 Å². The third-order valence-corrected chi connectivity index (χ3v) is 4.11. The SMILES string of the molecule is CCCCCOCC(=O)N(C)CC(=O)N1CCC(C(=O)O)CC1. The van der Waals surface area contributed by atoms with Crippen LogP contribution < -0.4 is 0 Å². The molecule has 1 fully saturated rings. The first kappa shape index (κ1) is 19.4. The molecule has 7 heteroatoms. The smallest absolute Gasteiger partial charge is 0.306 e. The fourth-order valence-corrected chi connectivity index (χ4v) is 2.49. The number of carboxylic acids is 1. The standard InChI is InChI=1S/C16H28N2O5/c1-3-4-5-10-23-12-15(20)17(2)11-14(19)18-8-6-13(7-9-18)16(21)22/h13H,3-12H2,1-2H3,(H,21,22). The van der Waals surface area contributed by atoms with Crippen molar-refractivity contribution >= 4 is 17.8 Å². The van der Waals surface area contributed by atoms with Crippen LogP contribution in [0.5, 0.6) is 0 Å². The van der Waals surface area contributed by atoms with E-state index < -0.39 is 5.97 Å². The van der Waals surface area contributed by atoms with Gasteiger partial charge in [0.05, 0.1) is 12.5 Å². The Morgan fingerprint density at radius 3 is 2.43 bits per heavy atom. The maximum absolute atomic E-state index is 12.1. The fourth-order valence-electron chi connectivity index (χ4n) is 2.49. The summed E-state index contributed by atoms with van der Waals surface area (Å²) in [4.78, 5) is 37.9. The average molecular weight is 328 g/mol. The summed E-state index contributed by atoms with van der Waals surface area (Å²) in [6.07, 6.45) is 4.06. The molecule has 0 radical (unpaired) electrons. The molecule has 1 aliphatic heterocycles. The monoisotopic (exact) mass is 328 g/mol. The van der Waals surface area contributed by atoms with Gasteiger partial charge in [-0.1, -0.05) is 19.8 Å². The molecule has 2 amide bonds. The number of likely N-dealkylation sites (tertiary alicyclic amines) is 1. The van der Waals surface area contributed by atoms with Gasteiger partial charge in [0.2, 0.25) is 11.8 Å². The van der Waals surface area contributed by atoms with Crippen molar-refractivity contribution in [2.75, 3.05) is 39.9 Å². The maximum atomic E-state index is 12.1. The highest BCUT2D eigenvalue weighted by molar-refractivity contribution is 5.85. The van der Waals surface area contributed by atoms with Crippen molar-refractivity contribution < 1.29 is 24.2 Å². The maximum Gasteiger partial charge on any atom is 0.306 e. The van der Waals surface area contributed by atoms with E-state index in [-0.39, 0.29) is 30.9 Å². The number of piperidine rings is 1. The number of likely N-dealkylation sites (N-methyl/N-ethyl adjacent to an activating group) is 1. The van der Waals surface area contributed by atoms with Crippen LogP contribution in [0.4, 0.5) is 0 Å².